The molecular weight excluding hydrogens is 192 g/mol. The zero-order valence-corrected chi connectivity index (χ0v) is 8.27. The Kier molecular flexibility index (Phi) is 2.52. The van der Waals surface area contributed by atoms with E-state index in [0.29, 0.717) is 18.1 Å². The maximum Gasteiger partial charge on any atom is 0.182 e. The van der Waals surface area contributed by atoms with Crippen LogP contribution in [0.2, 0.25) is 0 Å². The molecule has 1 aromatic rings. The fraction of sp³-hybridized carbons (Fsp3) is 0.500. The second-order valence-corrected chi connectivity index (χ2v) is 3.88. The van der Waals surface area contributed by atoms with Crippen LogP contribution >= 0.6 is 0 Å². The number of nitrogens with one attached hydrogen (secondary N) is 1. The molecule has 5 heteroatoms. The van der Waals surface area contributed by atoms with Crippen LogP contribution in [-0.4, -0.2) is 28.2 Å². The third-order valence-electron chi connectivity index (χ3n) is 2.73. The Hall–Kier alpha value is -1.67. The van der Waals surface area contributed by atoms with E-state index in [1.807, 2.05) is 6.07 Å². The number of anilines is 1. The first-order valence-electron chi connectivity index (χ1n) is 4.85. The summed E-state index contributed by atoms with van der Waals surface area (Å²) in [6.45, 7) is 0.832. The van der Waals surface area contributed by atoms with Crippen molar-refractivity contribution in [1.82, 2.24) is 9.97 Å². The molecule has 0 bridgehead atoms. The molecule has 0 unspecified atom stereocenters. The maximum atomic E-state index is 9.12. The largest absolute Gasteiger partial charge is 0.396 e. The summed E-state index contributed by atoms with van der Waals surface area (Å²) in [5.41, 5.74) is 0.302. The molecule has 5 nitrogen and oxygen atoms in total. The standard InChI is InChI=1S/C10H12N4O/c11-5-8-9(13-4-3-12-8)14-6-10(7-15)1-2-10/h3-4,15H,1-2,6-7H2,(H,13,14). The van der Waals surface area contributed by atoms with Crippen molar-refractivity contribution in [3.8, 4) is 6.07 Å². The van der Waals surface area contributed by atoms with Gasteiger partial charge in [-0.05, 0) is 12.8 Å². The van der Waals surface area contributed by atoms with Crippen molar-refractivity contribution >= 4 is 5.82 Å². The van der Waals surface area contributed by atoms with Crippen LogP contribution in [-0.2, 0) is 0 Å². The molecule has 0 atom stereocenters. The number of hydrogen-bond acceptors (Lipinski definition) is 5. The minimum Gasteiger partial charge on any atom is -0.396 e. The van der Waals surface area contributed by atoms with Gasteiger partial charge in [0.15, 0.2) is 11.5 Å². The Morgan fingerprint density at radius 2 is 2.20 bits per heavy atom. The lowest BCUT2D eigenvalue weighted by Crippen LogP contribution is -2.20. The fourth-order valence-electron chi connectivity index (χ4n) is 1.39. The molecule has 78 valence electrons. The monoisotopic (exact) mass is 204 g/mol. The van der Waals surface area contributed by atoms with Gasteiger partial charge < -0.3 is 10.4 Å². The van der Waals surface area contributed by atoms with Gasteiger partial charge in [-0.2, -0.15) is 5.26 Å². The fourth-order valence-corrected chi connectivity index (χ4v) is 1.39. The highest BCUT2D eigenvalue weighted by Crippen LogP contribution is 2.44. The van der Waals surface area contributed by atoms with Crippen molar-refractivity contribution in [2.24, 2.45) is 5.41 Å². The Bertz CT molecular complexity index is 395. The first-order chi connectivity index (χ1) is 7.29. The number of aromatic nitrogens is 2. The molecule has 2 N–H and O–H groups in total. The predicted molar refractivity (Wildman–Crippen MR) is 54.0 cm³/mol. The van der Waals surface area contributed by atoms with Crippen LogP contribution in [0.15, 0.2) is 12.4 Å². The van der Waals surface area contributed by atoms with Crippen molar-refractivity contribution in [3.05, 3.63) is 18.1 Å². The molecule has 0 aromatic carbocycles. The van der Waals surface area contributed by atoms with Crippen molar-refractivity contribution < 1.29 is 5.11 Å². The van der Waals surface area contributed by atoms with E-state index in [0.717, 1.165) is 12.8 Å². The van der Waals surface area contributed by atoms with Gasteiger partial charge in [0.05, 0.1) is 6.61 Å². The van der Waals surface area contributed by atoms with Crippen LogP contribution in [0.1, 0.15) is 18.5 Å². The van der Waals surface area contributed by atoms with Crippen LogP contribution in [0.25, 0.3) is 0 Å². The predicted octanol–water partition coefficient (Wildman–Crippen LogP) is 0.533. The Morgan fingerprint density at radius 1 is 1.47 bits per heavy atom. The van der Waals surface area contributed by atoms with Gasteiger partial charge in [0.1, 0.15) is 6.07 Å². The summed E-state index contributed by atoms with van der Waals surface area (Å²) in [5.74, 6) is 0.500. The normalized spacial score (nSPS) is 16.8. The van der Waals surface area contributed by atoms with Gasteiger partial charge in [0.2, 0.25) is 0 Å². The molecular formula is C10H12N4O. The third-order valence-corrected chi connectivity index (χ3v) is 2.73. The van der Waals surface area contributed by atoms with Crippen molar-refractivity contribution in [2.45, 2.75) is 12.8 Å². The minimum atomic E-state index is 0.00421. The molecule has 2 rings (SSSR count). The van der Waals surface area contributed by atoms with Gasteiger partial charge >= 0.3 is 0 Å². The van der Waals surface area contributed by atoms with E-state index in [-0.39, 0.29) is 12.0 Å². The first-order valence-corrected chi connectivity index (χ1v) is 4.85. The molecule has 0 spiro atoms. The number of nitriles is 1. The highest BCUT2D eigenvalue weighted by molar-refractivity contribution is 5.46. The average molecular weight is 204 g/mol. The molecule has 1 saturated carbocycles. The van der Waals surface area contributed by atoms with E-state index < -0.39 is 0 Å². The summed E-state index contributed by atoms with van der Waals surface area (Å²) < 4.78 is 0. The van der Waals surface area contributed by atoms with Gasteiger partial charge in [-0.3, -0.25) is 0 Å². The molecule has 15 heavy (non-hydrogen) atoms. The molecule has 1 aromatic heterocycles. The Balaban J connectivity index is 2.02. The first kappa shape index (κ1) is 9.87. The smallest absolute Gasteiger partial charge is 0.182 e. The average Bonchev–Trinajstić information content (AvgIpc) is 3.07. The molecule has 0 aliphatic heterocycles. The second-order valence-electron chi connectivity index (χ2n) is 3.88. The summed E-state index contributed by atoms with van der Waals surface area (Å²) in [4.78, 5) is 7.93. The molecule has 1 aliphatic rings. The molecule has 1 aliphatic carbocycles. The van der Waals surface area contributed by atoms with E-state index >= 15 is 0 Å². The molecule has 0 amide bonds. The number of rotatable bonds is 4. The summed E-state index contributed by atoms with van der Waals surface area (Å²) in [6, 6.07) is 1.97. The summed E-state index contributed by atoms with van der Waals surface area (Å²) in [6.07, 6.45) is 5.08. The van der Waals surface area contributed by atoms with Crippen LogP contribution in [0.5, 0.6) is 0 Å². The SMILES string of the molecule is N#Cc1nccnc1NCC1(CO)CC1. The number of aliphatic hydroxyl groups excluding tert-OH is 1. The van der Waals surface area contributed by atoms with E-state index in [1.165, 1.54) is 6.20 Å². The van der Waals surface area contributed by atoms with Crippen LogP contribution in [0.4, 0.5) is 5.82 Å². The van der Waals surface area contributed by atoms with E-state index in [4.69, 9.17) is 10.4 Å². The zero-order valence-electron chi connectivity index (χ0n) is 8.27. The summed E-state index contributed by atoms with van der Waals surface area (Å²) in [7, 11) is 0. The summed E-state index contributed by atoms with van der Waals surface area (Å²) in [5, 5.41) is 21.0. The molecule has 0 saturated heterocycles. The van der Waals surface area contributed by atoms with Gasteiger partial charge in [0.25, 0.3) is 0 Å². The molecule has 1 fully saturated rings. The number of aliphatic hydroxyl groups is 1. The Labute approximate surface area is 87.8 Å². The number of nitrogens with zero attached hydrogens (tertiary/aromatic N) is 3. The second kappa shape index (κ2) is 3.83. The van der Waals surface area contributed by atoms with Gasteiger partial charge in [-0.1, -0.05) is 0 Å². The lowest BCUT2D eigenvalue weighted by atomic mass is 10.1. The highest BCUT2D eigenvalue weighted by Gasteiger charge is 2.41. The topological polar surface area (TPSA) is 81.8 Å². The van der Waals surface area contributed by atoms with Crippen LogP contribution < -0.4 is 5.32 Å². The van der Waals surface area contributed by atoms with Crippen LogP contribution in [0, 0.1) is 16.7 Å². The molecule has 1 heterocycles. The van der Waals surface area contributed by atoms with Gasteiger partial charge in [0, 0.05) is 24.4 Å². The summed E-state index contributed by atoms with van der Waals surface area (Å²) >= 11 is 0. The minimum absolute atomic E-state index is 0.00421. The van der Waals surface area contributed by atoms with Crippen molar-refractivity contribution in [3.63, 3.8) is 0 Å². The van der Waals surface area contributed by atoms with Crippen LogP contribution in [0.3, 0.4) is 0 Å². The highest BCUT2D eigenvalue weighted by atomic mass is 16.3. The quantitative estimate of drug-likeness (QED) is 0.747. The number of hydrogen-bond donors (Lipinski definition) is 2. The van der Waals surface area contributed by atoms with Crippen molar-refractivity contribution in [2.75, 3.05) is 18.5 Å². The van der Waals surface area contributed by atoms with Gasteiger partial charge in [-0.15, -0.1) is 0 Å². The molecule has 0 radical (unpaired) electrons. The lowest BCUT2D eigenvalue weighted by Gasteiger charge is -2.13. The van der Waals surface area contributed by atoms with E-state index in [1.54, 1.807) is 6.20 Å². The Morgan fingerprint density at radius 3 is 2.80 bits per heavy atom. The van der Waals surface area contributed by atoms with E-state index in [2.05, 4.69) is 15.3 Å². The van der Waals surface area contributed by atoms with Gasteiger partial charge in [-0.25, -0.2) is 9.97 Å². The lowest BCUT2D eigenvalue weighted by molar-refractivity contribution is 0.219. The van der Waals surface area contributed by atoms with E-state index in [9.17, 15) is 0 Å². The third kappa shape index (κ3) is 2.05. The zero-order chi connectivity index (χ0) is 10.7. The maximum absolute atomic E-state index is 9.12. The van der Waals surface area contributed by atoms with Crippen molar-refractivity contribution in [1.29, 1.82) is 5.26 Å².